The van der Waals surface area contributed by atoms with Crippen molar-refractivity contribution in [2.75, 3.05) is 43.1 Å². The van der Waals surface area contributed by atoms with Gasteiger partial charge in [-0.3, -0.25) is 19.7 Å². The normalized spacial score (nSPS) is 22.4. The molecule has 13 nitrogen and oxygen atoms in total. The first-order valence-corrected chi connectivity index (χ1v) is 23.9. The molecule has 4 atom stereocenters. The van der Waals surface area contributed by atoms with Gasteiger partial charge in [0.25, 0.3) is 21.6 Å². The van der Waals surface area contributed by atoms with E-state index in [2.05, 4.69) is 52.7 Å². The van der Waals surface area contributed by atoms with E-state index >= 15 is 0 Å². The third kappa shape index (κ3) is 9.72. The van der Waals surface area contributed by atoms with Gasteiger partial charge in [0.1, 0.15) is 17.2 Å². The number of amides is 2. The van der Waals surface area contributed by atoms with Crippen molar-refractivity contribution in [3.8, 4) is 11.5 Å². The molecule has 334 valence electrons. The van der Waals surface area contributed by atoms with Crippen LogP contribution in [-0.4, -0.2) is 75.0 Å². The van der Waals surface area contributed by atoms with Crippen molar-refractivity contribution >= 4 is 38.9 Å². The van der Waals surface area contributed by atoms with Crippen LogP contribution in [0.4, 0.5) is 17.1 Å². The highest BCUT2D eigenvalue weighted by Crippen LogP contribution is 2.62. The van der Waals surface area contributed by atoms with Gasteiger partial charge in [-0.25, -0.2) is 13.1 Å². The molecule has 2 aliphatic heterocycles. The van der Waals surface area contributed by atoms with Gasteiger partial charge in [0.05, 0.1) is 15.4 Å². The number of sulfonamides is 1. The van der Waals surface area contributed by atoms with Crippen LogP contribution in [0, 0.1) is 39.2 Å². The molecule has 2 N–H and O–H groups in total. The molecule has 5 aliphatic rings. The van der Waals surface area contributed by atoms with Crippen molar-refractivity contribution < 1.29 is 32.4 Å². The molecule has 4 aromatic carbocycles. The van der Waals surface area contributed by atoms with Crippen LogP contribution in [0.2, 0.25) is 0 Å². The van der Waals surface area contributed by atoms with E-state index in [4.69, 9.17) is 9.47 Å². The Labute approximate surface area is 370 Å². The highest BCUT2D eigenvalue weighted by molar-refractivity contribution is 7.90. The van der Waals surface area contributed by atoms with Gasteiger partial charge in [0.2, 0.25) is 5.91 Å². The minimum Gasteiger partial charge on any atom is -0.456 e. The number of aryl methyl sites for hydroxylation is 1. The Hall–Kier alpha value is -5.47. The monoisotopic (exact) mass is 877 g/mol. The number of ether oxygens (including phenoxy) is 2. The van der Waals surface area contributed by atoms with E-state index in [0.29, 0.717) is 74.6 Å². The molecule has 2 amide bonds. The number of fused-ring (bicyclic) bond motifs is 2. The Morgan fingerprint density at radius 2 is 1.62 bits per heavy atom. The minimum absolute atomic E-state index is 0.0201. The van der Waals surface area contributed by atoms with Crippen LogP contribution < -0.4 is 19.7 Å². The highest BCUT2D eigenvalue weighted by Gasteiger charge is 2.58. The summed E-state index contributed by atoms with van der Waals surface area (Å²) in [6.45, 7) is 10.2. The Morgan fingerprint density at radius 1 is 0.921 bits per heavy atom. The van der Waals surface area contributed by atoms with Crippen molar-refractivity contribution in [3.05, 3.63) is 118 Å². The Balaban J connectivity index is 0.987. The molecule has 2 bridgehead atoms. The number of hydrogen-bond acceptors (Lipinski definition) is 10. The molecular weight excluding hydrogens is 819 g/mol. The zero-order valence-electron chi connectivity index (χ0n) is 36.4. The second-order valence-electron chi connectivity index (χ2n) is 18.4. The lowest BCUT2D eigenvalue weighted by atomic mass is 9.44. The van der Waals surface area contributed by atoms with Crippen molar-refractivity contribution in [2.45, 2.75) is 89.1 Å². The van der Waals surface area contributed by atoms with Gasteiger partial charge in [-0.15, -0.1) is 0 Å². The van der Waals surface area contributed by atoms with Gasteiger partial charge >= 0.3 is 0 Å². The molecule has 5 fully saturated rings. The summed E-state index contributed by atoms with van der Waals surface area (Å²) < 4.78 is 41.1. The Kier molecular flexibility index (Phi) is 13.1. The lowest BCUT2D eigenvalue weighted by Gasteiger charge is -2.64. The number of hydrogen-bond donors (Lipinski definition) is 2. The number of piperidine rings is 1. The quantitative estimate of drug-likeness (QED) is 0.0873. The average Bonchev–Trinajstić information content (AvgIpc) is 3.29. The van der Waals surface area contributed by atoms with E-state index in [9.17, 15) is 28.1 Å². The lowest BCUT2D eigenvalue weighted by molar-refractivity contribution is -0.384. The van der Waals surface area contributed by atoms with Crippen molar-refractivity contribution in [3.63, 3.8) is 0 Å². The zero-order valence-corrected chi connectivity index (χ0v) is 37.2. The Morgan fingerprint density at radius 3 is 2.29 bits per heavy atom. The smallest absolute Gasteiger partial charge is 0.293 e. The van der Waals surface area contributed by atoms with E-state index in [1.54, 1.807) is 42.5 Å². The number of nitrogens with zero attached hydrogens (tertiary/aromatic N) is 3. The van der Waals surface area contributed by atoms with E-state index < -0.39 is 31.4 Å². The van der Waals surface area contributed by atoms with E-state index in [1.165, 1.54) is 18.6 Å². The molecule has 0 spiro atoms. The fourth-order valence-corrected chi connectivity index (χ4v) is 11.6. The van der Waals surface area contributed by atoms with Gasteiger partial charge in [-0.2, -0.15) is 0 Å². The maximum absolute atomic E-state index is 14.3. The van der Waals surface area contributed by atoms with Gasteiger partial charge < -0.3 is 24.6 Å². The predicted octanol–water partition coefficient (Wildman–Crippen LogP) is 8.85. The maximum Gasteiger partial charge on any atom is 0.293 e. The number of anilines is 2. The SMILES string of the molecule is C[C@@H]1[C@@H](N(C(=O)CCc2ccccc2)C2CCN(c3ccc(C(=O)NS(=O)(=O)c4ccc(NCC5CCOCC5)c([N+](=O)[O-])c4)c(Oc4ccccc4)c3)CC2)C[C@H]2C[C@@H]1C2(C)C. The summed E-state index contributed by atoms with van der Waals surface area (Å²) >= 11 is 0. The minimum atomic E-state index is -4.54. The molecular formula is C49H59N5O8S. The molecule has 4 aromatic rings. The summed E-state index contributed by atoms with van der Waals surface area (Å²) in [7, 11) is -4.54. The number of nitro benzene ring substituents is 1. The summed E-state index contributed by atoms with van der Waals surface area (Å²) in [6, 6.07) is 28.1. The number of carbonyl (C=O) groups excluding carboxylic acids is 2. The van der Waals surface area contributed by atoms with Crippen LogP contribution in [0.5, 0.6) is 11.5 Å². The number of carbonyl (C=O) groups is 2. The molecule has 0 unspecified atom stereocenters. The number of rotatable bonds is 15. The molecule has 3 saturated carbocycles. The third-order valence-corrected chi connectivity index (χ3v) is 15.8. The molecule has 0 aromatic heterocycles. The fraction of sp³-hybridized carbons (Fsp3) is 0.469. The van der Waals surface area contributed by atoms with Crippen LogP contribution in [0.3, 0.4) is 0 Å². The number of benzene rings is 4. The van der Waals surface area contributed by atoms with Gasteiger partial charge in [0.15, 0.2) is 0 Å². The molecule has 9 rings (SSSR count). The number of nitrogens with one attached hydrogen (secondary N) is 2. The highest BCUT2D eigenvalue weighted by atomic mass is 32.2. The molecule has 63 heavy (non-hydrogen) atoms. The largest absolute Gasteiger partial charge is 0.456 e. The second kappa shape index (κ2) is 18.7. The molecule has 2 heterocycles. The van der Waals surface area contributed by atoms with Gasteiger partial charge in [-0.05, 0) is 116 Å². The summed E-state index contributed by atoms with van der Waals surface area (Å²) in [6.07, 6.45) is 6.68. The van der Waals surface area contributed by atoms with Crippen LogP contribution in [0.25, 0.3) is 0 Å². The first-order chi connectivity index (χ1) is 30.3. The Bertz CT molecular complexity index is 2380. The first-order valence-electron chi connectivity index (χ1n) is 22.4. The van der Waals surface area contributed by atoms with E-state index in [1.807, 2.05) is 24.3 Å². The first kappa shape index (κ1) is 44.1. The third-order valence-electron chi connectivity index (χ3n) is 14.5. The van der Waals surface area contributed by atoms with Crippen LogP contribution in [0.1, 0.15) is 81.6 Å². The van der Waals surface area contributed by atoms with Crippen molar-refractivity contribution in [2.24, 2.45) is 29.1 Å². The number of para-hydroxylation sites is 1. The molecule has 0 radical (unpaired) electrons. The standard InChI is InChI=1S/C49H59N5O8S/c1-33-42-28-36(49(42,2)3)29-44(33)53(47(55)19-14-34-10-6-4-7-11-34)37-20-24-52(25-21-37)38-15-17-41(46(30-38)62-39-12-8-5-9-13-39)48(56)51-63(59,60)40-16-18-43(45(31-40)54(57)58)50-32-35-22-26-61-27-23-35/h4-13,15-18,30-31,33,35-37,42,44,50H,14,19-29,32H2,1-3H3,(H,51,56)/t33-,36+,42-,44-/m0/s1. The van der Waals surface area contributed by atoms with E-state index in [-0.39, 0.29) is 40.9 Å². The maximum atomic E-state index is 14.3. The zero-order chi connectivity index (χ0) is 44.3. The van der Waals surface area contributed by atoms with E-state index in [0.717, 1.165) is 49.4 Å². The lowest BCUT2D eigenvalue weighted by Crippen LogP contribution is -2.64. The van der Waals surface area contributed by atoms with Gasteiger partial charge in [0, 0.05) is 69.2 Å². The average molecular weight is 878 g/mol. The predicted molar refractivity (Wildman–Crippen MR) is 243 cm³/mol. The summed E-state index contributed by atoms with van der Waals surface area (Å²) in [5.41, 5.74) is 2.03. The molecule has 2 saturated heterocycles. The number of nitro groups is 1. The summed E-state index contributed by atoms with van der Waals surface area (Å²) in [4.78, 5) is 43.7. The van der Waals surface area contributed by atoms with Crippen LogP contribution >= 0.6 is 0 Å². The van der Waals surface area contributed by atoms with Crippen LogP contribution in [0.15, 0.2) is 102 Å². The van der Waals surface area contributed by atoms with Crippen molar-refractivity contribution in [1.29, 1.82) is 0 Å². The van der Waals surface area contributed by atoms with Crippen LogP contribution in [-0.2, 0) is 26.0 Å². The molecule has 14 heteroatoms. The second-order valence-corrected chi connectivity index (χ2v) is 20.1. The fourth-order valence-electron chi connectivity index (χ4n) is 10.6. The summed E-state index contributed by atoms with van der Waals surface area (Å²) in [5, 5.41) is 15.2. The van der Waals surface area contributed by atoms with Crippen molar-refractivity contribution in [1.82, 2.24) is 9.62 Å². The molecule has 3 aliphatic carbocycles. The summed E-state index contributed by atoms with van der Waals surface area (Å²) in [5.74, 6) is 1.82. The topological polar surface area (TPSA) is 160 Å². The van der Waals surface area contributed by atoms with Gasteiger partial charge in [-0.1, -0.05) is 69.3 Å².